The molecule has 2 heterocycles. The number of carboxylic acids is 1. The first-order valence-corrected chi connectivity index (χ1v) is 4.90. The fraction of sp³-hybridized carbons (Fsp3) is 0.111. The molecule has 0 radical (unpaired) electrons. The lowest BCUT2D eigenvalue weighted by molar-refractivity contribution is 0.0685. The molecule has 0 unspecified atom stereocenters. The third-order valence-corrected chi connectivity index (χ3v) is 2.55. The average molecular weight is 271 g/mol. The van der Waals surface area contributed by atoms with Gasteiger partial charge in [-0.25, -0.2) is 9.78 Å². The number of carboxylic acid groups (broad SMARTS) is 1. The smallest absolute Gasteiger partial charge is 0.355 e. The highest BCUT2D eigenvalue weighted by Gasteiger charge is 2.20. The molecule has 0 aromatic carbocycles. The zero-order valence-electron chi connectivity index (χ0n) is 7.77. The van der Waals surface area contributed by atoms with Gasteiger partial charge in [-0.15, -0.1) is 0 Å². The average Bonchev–Trinajstić information content (AvgIpc) is 2.72. The molecule has 0 fully saturated rings. The van der Waals surface area contributed by atoms with E-state index in [1.54, 1.807) is 19.2 Å². The Labute approximate surface area is 93.5 Å². The molecule has 1 N–H and O–H groups in total. The van der Waals surface area contributed by atoms with E-state index in [0.717, 1.165) is 0 Å². The predicted molar refractivity (Wildman–Crippen MR) is 55.6 cm³/mol. The molecule has 5 nitrogen and oxygen atoms in total. The molecule has 2 aromatic rings. The first-order chi connectivity index (χ1) is 7.11. The van der Waals surface area contributed by atoms with Crippen molar-refractivity contribution in [3.63, 3.8) is 0 Å². The van der Waals surface area contributed by atoms with E-state index in [2.05, 4.69) is 20.9 Å². The van der Waals surface area contributed by atoms with Gasteiger partial charge in [0.05, 0.1) is 6.26 Å². The van der Waals surface area contributed by atoms with Gasteiger partial charge in [-0.2, -0.15) is 0 Å². The van der Waals surface area contributed by atoms with E-state index in [1.807, 2.05) is 0 Å². The van der Waals surface area contributed by atoms with Gasteiger partial charge in [-0.3, -0.25) is 0 Å². The van der Waals surface area contributed by atoms with Crippen LogP contribution in [0.5, 0.6) is 0 Å². The molecule has 0 amide bonds. The Morgan fingerprint density at radius 1 is 1.67 bits per heavy atom. The summed E-state index contributed by atoms with van der Waals surface area (Å²) in [6, 6.07) is 3.44. The molecule has 2 rings (SSSR count). The van der Waals surface area contributed by atoms with Crippen LogP contribution in [0.15, 0.2) is 27.4 Å². The molecular weight excluding hydrogens is 264 g/mol. The fourth-order valence-corrected chi connectivity index (χ4v) is 1.93. The summed E-state index contributed by atoms with van der Waals surface area (Å²) in [6.07, 6.45) is 1.51. The SMILES string of the molecule is Cn1c(-c2ccco2)nc(Br)c1C(=O)O. The van der Waals surface area contributed by atoms with Gasteiger partial charge in [-0.1, -0.05) is 0 Å². The maximum absolute atomic E-state index is 10.9. The molecule has 0 spiro atoms. The molecule has 78 valence electrons. The zero-order valence-corrected chi connectivity index (χ0v) is 9.35. The van der Waals surface area contributed by atoms with Crippen LogP contribution in [-0.4, -0.2) is 20.6 Å². The Kier molecular flexibility index (Phi) is 2.36. The van der Waals surface area contributed by atoms with Crippen molar-refractivity contribution in [3.05, 3.63) is 28.7 Å². The molecule has 0 aliphatic carbocycles. The minimum Gasteiger partial charge on any atom is -0.476 e. The Hall–Kier alpha value is -1.56. The first kappa shape index (κ1) is 9.97. The van der Waals surface area contributed by atoms with E-state index in [-0.39, 0.29) is 5.69 Å². The van der Waals surface area contributed by atoms with Gasteiger partial charge in [-0.05, 0) is 28.1 Å². The third kappa shape index (κ3) is 1.56. The van der Waals surface area contributed by atoms with Crippen molar-refractivity contribution >= 4 is 21.9 Å². The van der Waals surface area contributed by atoms with Crippen LogP contribution in [0.1, 0.15) is 10.5 Å². The molecule has 15 heavy (non-hydrogen) atoms. The van der Waals surface area contributed by atoms with Gasteiger partial charge in [0.25, 0.3) is 0 Å². The van der Waals surface area contributed by atoms with Gasteiger partial charge in [0.15, 0.2) is 17.3 Å². The lowest BCUT2D eigenvalue weighted by Gasteiger charge is -1.99. The number of aromatic nitrogens is 2. The maximum atomic E-state index is 10.9. The minimum absolute atomic E-state index is 0.0985. The Morgan fingerprint density at radius 2 is 2.40 bits per heavy atom. The number of hydrogen-bond donors (Lipinski definition) is 1. The number of furan rings is 1. The van der Waals surface area contributed by atoms with E-state index in [9.17, 15) is 4.79 Å². The molecule has 0 saturated carbocycles. The molecule has 0 saturated heterocycles. The van der Waals surface area contributed by atoms with Crippen LogP contribution in [0.3, 0.4) is 0 Å². The second-order valence-electron chi connectivity index (χ2n) is 2.92. The molecular formula is C9H7BrN2O3. The van der Waals surface area contributed by atoms with Gasteiger partial charge >= 0.3 is 5.97 Å². The topological polar surface area (TPSA) is 68.3 Å². The maximum Gasteiger partial charge on any atom is 0.355 e. The lowest BCUT2D eigenvalue weighted by atomic mass is 10.4. The van der Waals surface area contributed by atoms with Crippen molar-refractivity contribution in [2.24, 2.45) is 7.05 Å². The summed E-state index contributed by atoms with van der Waals surface area (Å²) in [5.41, 5.74) is 0.0985. The van der Waals surface area contributed by atoms with Crippen LogP contribution in [0.25, 0.3) is 11.6 Å². The second kappa shape index (κ2) is 3.54. The fourth-order valence-electron chi connectivity index (χ4n) is 1.32. The minimum atomic E-state index is -1.03. The number of halogens is 1. The summed E-state index contributed by atoms with van der Waals surface area (Å²) in [5, 5.41) is 8.94. The van der Waals surface area contributed by atoms with E-state index >= 15 is 0 Å². The van der Waals surface area contributed by atoms with Crippen LogP contribution in [0.2, 0.25) is 0 Å². The monoisotopic (exact) mass is 270 g/mol. The number of carbonyl (C=O) groups is 1. The lowest BCUT2D eigenvalue weighted by Crippen LogP contribution is -2.05. The number of rotatable bonds is 2. The molecule has 2 aromatic heterocycles. The van der Waals surface area contributed by atoms with E-state index in [1.165, 1.54) is 10.8 Å². The number of imidazole rings is 1. The summed E-state index contributed by atoms with van der Waals surface area (Å²) >= 11 is 3.10. The van der Waals surface area contributed by atoms with Gasteiger partial charge < -0.3 is 14.1 Å². The second-order valence-corrected chi connectivity index (χ2v) is 3.67. The van der Waals surface area contributed by atoms with E-state index in [4.69, 9.17) is 9.52 Å². The van der Waals surface area contributed by atoms with Crippen molar-refractivity contribution in [2.75, 3.05) is 0 Å². The Bertz CT molecular complexity index is 502. The first-order valence-electron chi connectivity index (χ1n) is 4.10. The van der Waals surface area contributed by atoms with Crippen LogP contribution in [0.4, 0.5) is 0 Å². The molecule has 0 bridgehead atoms. The third-order valence-electron chi connectivity index (χ3n) is 2.00. The van der Waals surface area contributed by atoms with Crippen molar-refractivity contribution in [1.82, 2.24) is 9.55 Å². The van der Waals surface area contributed by atoms with Crippen LogP contribution in [-0.2, 0) is 7.05 Å². The largest absolute Gasteiger partial charge is 0.476 e. The summed E-state index contributed by atoms with van der Waals surface area (Å²) in [6.45, 7) is 0. The van der Waals surface area contributed by atoms with Gasteiger partial charge in [0.2, 0.25) is 0 Å². The van der Waals surface area contributed by atoms with Crippen molar-refractivity contribution in [3.8, 4) is 11.6 Å². The highest BCUT2D eigenvalue weighted by molar-refractivity contribution is 9.10. The van der Waals surface area contributed by atoms with Crippen molar-refractivity contribution < 1.29 is 14.3 Å². The summed E-state index contributed by atoms with van der Waals surface area (Å²) in [4.78, 5) is 15.0. The van der Waals surface area contributed by atoms with Gasteiger partial charge in [0, 0.05) is 7.05 Å². The van der Waals surface area contributed by atoms with E-state index < -0.39 is 5.97 Å². The summed E-state index contributed by atoms with van der Waals surface area (Å²) < 4.78 is 6.91. The zero-order chi connectivity index (χ0) is 11.0. The van der Waals surface area contributed by atoms with Crippen molar-refractivity contribution in [2.45, 2.75) is 0 Å². The summed E-state index contributed by atoms with van der Waals surface area (Å²) in [7, 11) is 1.62. The molecule has 0 atom stereocenters. The van der Waals surface area contributed by atoms with Crippen LogP contribution >= 0.6 is 15.9 Å². The number of aromatic carboxylic acids is 1. The molecule has 0 aliphatic rings. The highest BCUT2D eigenvalue weighted by Crippen LogP contribution is 2.24. The van der Waals surface area contributed by atoms with Crippen molar-refractivity contribution in [1.29, 1.82) is 0 Å². The van der Waals surface area contributed by atoms with Gasteiger partial charge in [0.1, 0.15) is 4.60 Å². The van der Waals surface area contributed by atoms with Crippen LogP contribution in [0, 0.1) is 0 Å². The highest BCUT2D eigenvalue weighted by atomic mass is 79.9. The molecule has 6 heteroatoms. The predicted octanol–water partition coefficient (Wildman–Crippen LogP) is 2.14. The van der Waals surface area contributed by atoms with Crippen LogP contribution < -0.4 is 0 Å². The van der Waals surface area contributed by atoms with E-state index in [0.29, 0.717) is 16.2 Å². The summed E-state index contributed by atoms with van der Waals surface area (Å²) in [5.74, 6) is -0.0235. The normalized spacial score (nSPS) is 10.5. The Balaban J connectivity index is 2.61. The number of nitrogens with zero attached hydrogens (tertiary/aromatic N) is 2. The quantitative estimate of drug-likeness (QED) is 0.908. The standard InChI is InChI=1S/C9H7BrN2O3/c1-12-6(9(13)14)7(10)11-8(12)5-3-2-4-15-5/h2-4H,1H3,(H,13,14). The Morgan fingerprint density at radius 3 is 2.87 bits per heavy atom. The molecule has 0 aliphatic heterocycles. The number of hydrogen-bond acceptors (Lipinski definition) is 3.